The molecule has 2 N–H and O–H groups in total. The predicted molar refractivity (Wildman–Crippen MR) is 79.6 cm³/mol. The highest BCUT2D eigenvalue weighted by Crippen LogP contribution is 2.31. The first-order valence-electron chi connectivity index (χ1n) is 7.19. The van der Waals surface area contributed by atoms with Gasteiger partial charge in [-0.2, -0.15) is 4.98 Å². The number of aromatic nitrogens is 1. The number of hydrogen-bond acceptors (Lipinski definition) is 4. The third kappa shape index (κ3) is 3.11. The first-order chi connectivity index (χ1) is 8.99. The van der Waals surface area contributed by atoms with Crippen molar-refractivity contribution in [2.45, 2.75) is 52.7 Å². The van der Waals surface area contributed by atoms with E-state index in [1.165, 1.54) is 12.8 Å². The Morgan fingerprint density at radius 3 is 2.68 bits per heavy atom. The van der Waals surface area contributed by atoms with Crippen LogP contribution in [0.3, 0.4) is 0 Å². The first kappa shape index (κ1) is 14.0. The normalized spacial score (nSPS) is 19.5. The van der Waals surface area contributed by atoms with Crippen LogP contribution in [0.15, 0.2) is 12.1 Å². The van der Waals surface area contributed by atoms with Crippen LogP contribution >= 0.6 is 0 Å². The summed E-state index contributed by atoms with van der Waals surface area (Å²) in [6.07, 6.45) is 2.56. The Kier molecular flexibility index (Phi) is 4.17. The molecule has 0 radical (unpaired) electrons. The Morgan fingerprint density at radius 1 is 1.32 bits per heavy atom. The van der Waals surface area contributed by atoms with Crippen LogP contribution in [0.2, 0.25) is 0 Å². The lowest BCUT2D eigenvalue weighted by Crippen LogP contribution is -2.34. The second-order valence-corrected chi connectivity index (χ2v) is 5.88. The van der Waals surface area contributed by atoms with E-state index >= 15 is 0 Å². The molecule has 0 saturated carbocycles. The fourth-order valence-electron chi connectivity index (χ4n) is 2.69. The van der Waals surface area contributed by atoms with Gasteiger partial charge in [-0.15, -0.1) is 0 Å². The Balaban J connectivity index is 2.25. The molecule has 1 aliphatic rings. The van der Waals surface area contributed by atoms with Gasteiger partial charge in [-0.05, 0) is 44.7 Å². The van der Waals surface area contributed by atoms with Gasteiger partial charge in [0.15, 0.2) is 0 Å². The molecule has 1 aliphatic heterocycles. The van der Waals surface area contributed by atoms with E-state index < -0.39 is 0 Å². The van der Waals surface area contributed by atoms with E-state index in [1.54, 1.807) is 0 Å². The van der Waals surface area contributed by atoms with Gasteiger partial charge in [-0.3, -0.25) is 0 Å². The molecule has 0 aliphatic carbocycles. The van der Waals surface area contributed by atoms with Gasteiger partial charge >= 0.3 is 0 Å². The van der Waals surface area contributed by atoms with Crippen molar-refractivity contribution in [2.24, 2.45) is 5.92 Å². The minimum Gasteiger partial charge on any atom is -0.473 e. The number of nitrogens with two attached hydrogens (primary N) is 1. The van der Waals surface area contributed by atoms with Crippen molar-refractivity contribution in [1.82, 2.24) is 4.98 Å². The summed E-state index contributed by atoms with van der Waals surface area (Å²) in [5.74, 6) is 2.18. The zero-order valence-corrected chi connectivity index (χ0v) is 12.4. The van der Waals surface area contributed by atoms with E-state index in [2.05, 4.69) is 23.7 Å². The highest BCUT2D eigenvalue weighted by Gasteiger charge is 2.28. The molecule has 1 saturated heterocycles. The van der Waals surface area contributed by atoms with Gasteiger partial charge in [-0.1, -0.05) is 13.8 Å². The standard InChI is InChI=1S/C15H25N3O/c1-10(2)13-6-5-9-18(13)14-8-7-12(16)15(17-14)19-11(3)4/h7-8,10-11,13H,5-6,9,16H2,1-4H3. The SMILES string of the molecule is CC(C)Oc1nc(N2CCCC2C(C)C)ccc1N. The third-order valence-electron chi connectivity index (χ3n) is 3.59. The lowest BCUT2D eigenvalue weighted by atomic mass is 10.0. The van der Waals surface area contributed by atoms with Crippen LogP contribution in [-0.2, 0) is 0 Å². The van der Waals surface area contributed by atoms with E-state index in [9.17, 15) is 0 Å². The Hall–Kier alpha value is -1.45. The van der Waals surface area contributed by atoms with Gasteiger partial charge in [0.05, 0.1) is 11.8 Å². The fraction of sp³-hybridized carbons (Fsp3) is 0.667. The van der Waals surface area contributed by atoms with Crippen LogP contribution in [0.4, 0.5) is 11.5 Å². The fourth-order valence-corrected chi connectivity index (χ4v) is 2.69. The molecule has 0 spiro atoms. The van der Waals surface area contributed by atoms with Crippen molar-refractivity contribution in [3.8, 4) is 5.88 Å². The van der Waals surface area contributed by atoms with Crippen molar-refractivity contribution >= 4 is 11.5 Å². The van der Waals surface area contributed by atoms with Crippen LogP contribution < -0.4 is 15.4 Å². The lowest BCUT2D eigenvalue weighted by Gasteiger charge is -2.29. The molecule has 0 aromatic carbocycles. The summed E-state index contributed by atoms with van der Waals surface area (Å²) in [6, 6.07) is 4.47. The van der Waals surface area contributed by atoms with Crippen molar-refractivity contribution < 1.29 is 4.74 Å². The monoisotopic (exact) mass is 263 g/mol. The molecule has 1 unspecified atom stereocenters. The van der Waals surface area contributed by atoms with Gasteiger partial charge in [0.25, 0.3) is 0 Å². The summed E-state index contributed by atoms with van der Waals surface area (Å²) in [7, 11) is 0. The number of nitrogens with zero attached hydrogens (tertiary/aromatic N) is 2. The second-order valence-electron chi connectivity index (χ2n) is 5.88. The topological polar surface area (TPSA) is 51.4 Å². The number of ether oxygens (including phenoxy) is 1. The van der Waals surface area contributed by atoms with Crippen molar-refractivity contribution in [3.05, 3.63) is 12.1 Å². The molecular weight excluding hydrogens is 238 g/mol. The van der Waals surface area contributed by atoms with Gasteiger partial charge in [0, 0.05) is 12.6 Å². The molecule has 0 amide bonds. The van der Waals surface area contributed by atoms with E-state index in [-0.39, 0.29) is 6.10 Å². The first-order valence-corrected chi connectivity index (χ1v) is 7.19. The van der Waals surface area contributed by atoms with Gasteiger partial charge < -0.3 is 15.4 Å². The molecule has 4 nitrogen and oxygen atoms in total. The average molecular weight is 263 g/mol. The molecule has 1 aromatic heterocycles. The van der Waals surface area contributed by atoms with E-state index in [4.69, 9.17) is 10.5 Å². The Labute approximate surface area is 116 Å². The van der Waals surface area contributed by atoms with Crippen LogP contribution in [-0.4, -0.2) is 23.7 Å². The third-order valence-corrected chi connectivity index (χ3v) is 3.59. The molecule has 2 rings (SSSR count). The number of anilines is 2. The molecular formula is C15H25N3O. The minimum absolute atomic E-state index is 0.0875. The van der Waals surface area contributed by atoms with Gasteiger partial charge in [0.1, 0.15) is 5.82 Å². The summed E-state index contributed by atoms with van der Waals surface area (Å²) in [6.45, 7) is 9.58. The molecule has 1 atom stereocenters. The Bertz CT molecular complexity index is 431. The summed E-state index contributed by atoms with van der Waals surface area (Å²) in [5, 5.41) is 0. The largest absolute Gasteiger partial charge is 0.473 e. The van der Waals surface area contributed by atoms with E-state index in [1.807, 2.05) is 26.0 Å². The molecule has 0 bridgehead atoms. The maximum absolute atomic E-state index is 5.92. The molecule has 19 heavy (non-hydrogen) atoms. The number of nitrogen functional groups attached to an aromatic ring is 1. The van der Waals surface area contributed by atoms with Crippen LogP contribution in [0.1, 0.15) is 40.5 Å². The van der Waals surface area contributed by atoms with Gasteiger partial charge in [-0.25, -0.2) is 0 Å². The van der Waals surface area contributed by atoms with Crippen molar-refractivity contribution in [3.63, 3.8) is 0 Å². The molecule has 1 aromatic rings. The molecule has 2 heterocycles. The number of rotatable bonds is 4. The summed E-state index contributed by atoms with van der Waals surface area (Å²) >= 11 is 0. The number of hydrogen-bond donors (Lipinski definition) is 1. The van der Waals surface area contributed by atoms with Crippen LogP contribution in [0, 0.1) is 5.92 Å². The Morgan fingerprint density at radius 2 is 2.05 bits per heavy atom. The van der Waals surface area contributed by atoms with Gasteiger partial charge in [0.2, 0.25) is 5.88 Å². The average Bonchev–Trinajstić information content (AvgIpc) is 2.80. The zero-order valence-electron chi connectivity index (χ0n) is 12.4. The van der Waals surface area contributed by atoms with Crippen LogP contribution in [0.25, 0.3) is 0 Å². The maximum atomic E-state index is 5.92. The summed E-state index contributed by atoms with van der Waals surface area (Å²) in [5.41, 5.74) is 6.53. The summed E-state index contributed by atoms with van der Waals surface area (Å²) < 4.78 is 5.68. The quantitative estimate of drug-likeness (QED) is 0.907. The maximum Gasteiger partial charge on any atom is 0.239 e. The minimum atomic E-state index is 0.0875. The highest BCUT2D eigenvalue weighted by molar-refractivity contribution is 5.55. The zero-order chi connectivity index (χ0) is 14.0. The van der Waals surface area contributed by atoms with E-state index in [0.29, 0.717) is 23.5 Å². The molecule has 1 fully saturated rings. The summed E-state index contributed by atoms with van der Waals surface area (Å²) in [4.78, 5) is 6.99. The smallest absolute Gasteiger partial charge is 0.239 e. The predicted octanol–water partition coefficient (Wildman–Crippen LogP) is 3.08. The lowest BCUT2D eigenvalue weighted by molar-refractivity contribution is 0.234. The second kappa shape index (κ2) is 5.68. The van der Waals surface area contributed by atoms with Crippen molar-refractivity contribution in [1.29, 1.82) is 0 Å². The molecule has 106 valence electrons. The van der Waals surface area contributed by atoms with E-state index in [0.717, 1.165) is 12.4 Å². The highest BCUT2D eigenvalue weighted by atomic mass is 16.5. The van der Waals surface area contributed by atoms with Crippen molar-refractivity contribution in [2.75, 3.05) is 17.2 Å². The molecule has 4 heteroatoms. The number of pyridine rings is 1. The van der Waals surface area contributed by atoms with Crippen LogP contribution in [0.5, 0.6) is 5.88 Å².